The van der Waals surface area contributed by atoms with Crippen molar-refractivity contribution in [1.29, 1.82) is 0 Å². The molecule has 0 saturated heterocycles. The first-order valence-electron chi connectivity index (χ1n) is 6.01. The lowest BCUT2D eigenvalue weighted by Gasteiger charge is -2.28. The normalized spacial score (nSPS) is 40.9. The lowest BCUT2D eigenvalue weighted by atomic mass is 9.92. The Balaban J connectivity index is 1.70. The molecule has 2 N–H and O–H groups in total. The Kier molecular flexibility index (Phi) is 2.85. The highest BCUT2D eigenvalue weighted by atomic mass is 16.3. The highest BCUT2D eigenvalue weighted by Gasteiger charge is 2.45. The van der Waals surface area contributed by atoms with Gasteiger partial charge in [0.2, 0.25) is 0 Å². The molecular weight excluding hydrogens is 174 g/mol. The van der Waals surface area contributed by atoms with Gasteiger partial charge in [-0.2, -0.15) is 0 Å². The topological polar surface area (TPSA) is 32.3 Å². The fourth-order valence-corrected chi connectivity index (χ4v) is 2.57. The Morgan fingerprint density at radius 3 is 2.50 bits per heavy atom. The zero-order valence-electron chi connectivity index (χ0n) is 9.42. The summed E-state index contributed by atoms with van der Waals surface area (Å²) in [6, 6.07) is 0.375. The summed E-state index contributed by atoms with van der Waals surface area (Å²) in [5, 5.41) is 13.3. The Labute approximate surface area is 87.1 Å². The molecule has 0 spiro atoms. The average molecular weight is 197 g/mol. The summed E-state index contributed by atoms with van der Waals surface area (Å²) < 4.78 is 0. The van der Waals surface area contributed by atoms with E-state index in [1.807, 2.05) is 0 Å². The molecule has 2 nitrogen and oxygen atoms in total. The van der Waals surface area contributed by atoms with Gasteiger partial charge >= 0.3 is 0 Å². The van der Waals surface area contributed by atoms with Gasteiger partial charge in [0.05, 0.1) is 6.10 Å². The zero-order chi connectivity index (χ0) is 10.2. The van der Waals surface area contributed by atoms with Crippen LogP contribution in [0.3, 0.4) is 0 Å². The van der Waals surface area contributed by atoms with Crippen LogP contribution in [0.5, 0.6) is 0 Å². The van der Waals surface area contributed by atoms with E-state index in [1.54, 1.807) is 0 Å². The van der Waals surface area contributed by atoms with Crippen LogP contribution in [0.1, 0.15) is 46.0 Å². The van der Waals surface area contributed by atoms with Crippen molar-refractivity contribution in [3.05, 3.63) is 0 Å². The van der Waals surface area contributed by atoms with Crippen LogP contribution in [-0.4, -0.2) is 23.8 Å². The van der Waals surface area contributed by atoms with Gasteiger partial charge in [0.1, 0.15) is 0 Å². The second-order valence-electron chi connectivity index (χ2n) is 5.76. The van der Waals surface area contributed by atoms with E-state index in [1.165, 1.54) is 19.3 Å². The molecule has 0 amide bonds. The molecule has 0 aromatic heterocycles. The second-order valence-corrected chi connectivity index (χ2v) is 5.76. The molecule has 3 atom stereocenters. The van der Waals surface area contributed by atoms with Crippen molar-refractivity contribution in [1.82, 2.24) is 5.32 Å². The van der Waals surface area contributed by atoms with Gasteiger partial charge in [-0.15, -0.1) is 0 Å². The summed E-state index contributed by atoms with van der Waals surface area (Å²) in [5.41, 5.74) is 0.562. The van der Waals surface area contributed by atoms with Crippen LogP contribution in [0.2, 0.25) is 0 Å². The minimum Gasteiger partial charge on any atom is -0.392 e. The lowest BCUT2D eigenvalue weighted by molar-refractivity contribution is 0.0900. The van der Waals surface area contributed by atoms with E-state index in [4.69, 9.17) is 0 Å². The summed E-state index contributed by atoms with van der Waals surface area (Å²) in [7, 11) is 0. The van der Waals surface area contributed by atoms with Crippen LogP contribution >= 0.6 is 0 Å². The van der Waals surface area contributed by atoms with Crippen molar-refractivity contribution in [2.45, 2.75) is 58.1 Å². The van der Waals surface area contributed by atoms with Crippen molar-refractivity contribution in [3.63, 3.8) is 0 Å². The van der Waals surface area contributed by atoms with Crippen LogP contribution in [0.15, 0.2) is 0 Å². The number of hydrogen-bond donors (Lipinski definition) is 2. The van der Waals surface area contributed by atoms with E-state index in [0.717, 1.165) is 25.3 Å². The van der Waals surface area contributed by atoms with Crippen molar-refractivity contribution in [2.75, 3.05) is 6.54 Å². The number of aliphatic hydroxyl groups excluding tert-OH is 1. The van der Waals surface area contributed by atoms with Gasteiger partial charge in [-0.3, -0.25) is 0 Å². The third kappa shape index (κ3) is 2.29. The van der Waals surface area contributed by atoms with Crippen LogP contribution < -0.4 is 5.32 Å². The smallest absolute Gasteiger partial charge is 0.0693 e. The molecule has 3 unspecified atom stereocenters. The number of nitrogens with one attached hydrogen (secondary N) is 1. The van der Waals surface area contributed by atoms with E-state index in [9.17, 15) is 5.11 Å². The predicted octanol–water partition coefficient (Wildman–Crippen LogP) is 1.93. The maximum absolute atomic E-state index is 9.77. The van der Waals surface area contributed by atoms with Gasteiger partial charge < -0.3 is 10.4 Å². The first-order valence-corrected chi connectivity index (χ1v) is 6.01. The largest absolute Gasteiger partial charge is 0.392 e. The van der Waals surface area contributed by atoms with Gasteiger partial charge in [0.25, 0.3) is 0 Å². The molecule has 0 aromatic carbocycles. The van der Waals surface area contributed by atoms with E-state index in [2.05, 4.69) is 19.2 Å². The van der Waals surface area contributed by atoms with E-state index < -0.39 is 0 Å². The molecule has 2 aliphatic carbocycles. The van der Waals surface area contributed by atoms with Crippen molar-refractivity contribution in [2.24, 2.45) is 11.3 Å². The maximum atomic E-state index is 9.77. The summed E-state index contributed by atoms with van der Waals surface area (Å²) in [6.45, 7) is 5.77. The van der Waals surface area contributed by atoms with Crippen LogP contribution in [0.4, 0.5) is 0 Å². The molecule has 0 aliphatic heterocycles. The molecule has 0 aromatic rings. The molecule has 2 aliphatic rings. The maximum Gasteiger partial charge on any atom is 0.0693 e. The first kappa shape index (κ1) is 10.4. The van der Waals surface area contributed by atoms with Crippen LogP contribution in [0, 0.1) is 11.3 Å². The summed E-state index contributed by atoms with van der Waals surface area (Å²) in [6.07, 6.45) is 5.89. The molecule has 2 saturated carbocycles. The van der Waals surface area contributed by atoms with Crippen LogP contribution in [0.25, 0.3) is 0 Å². The van der Waals surface area contributed by atoms with E-state index in [-0.39, 0.29) is 6.10 Å². The Morgan fingerprint density at radius 2 is 1.93 bits per heavy atom. The highest BCUT2D eigenvalue weighted by molar-refractivity contribution is 4.97. The fraction of sp³-hybridized carbons (Fsp3) is 1.00. The van der Waals surface area contributed by atoms with Crippen molar-refractivity contribution < 1.29 is 5.11 Å². The van der Waals surface area contributed by atoms with E-state index >= 15 is 0 Å². The molecule has 0 radical (unpaired) electrons. The molecule has 2 fully saturated rings. The lowest BCUT2D eigenvalue weighted by Crippen LogP contribution is -2.43. The SMILES string of the molecule is CC1(C)CC1CNC1CCCCC1O. The quantitative estimate of drug-likeness (QED) is 0.724. The standard InChI is InChI=1S/C12H23NO/c1-12(2)7-9(12)8-13-10-5-3-4-6-11(10)14/h9-11,13-14H,3-8H2,1-2H3. The molecule has 14 heavy (non-hydrogen) atoms. The van der Waals surface area contributed by atoms with Crippen LogP contribution in [-0.2, 0) is 0 Å². The van der Waals surface area contributed by atoms with Crippen molar-refractivity contribution in [3.8, 4) is 0 Å². The fourth-order valence-electron chi connectivity index (χ4n) is 2.57. The van der Waals surface area contributed by atoms with Gasteiger partial charge in [-0.25, -0.2) is 0 Å². The predicted molar refractivity (Wildman–Crippen MR) is 58.2 cm³/mol. The Bertz CT molecular complexity index is 202. The summed E-state index contributed by atoms with van der Waals surface area (Å²) in [5.74, 6) is 0.844. The average Bonchev–Trinajstić information content (AvgIpc) is 2.73. The van der Waals surface area contributed by atoms with Gasteiger partial charge in [0.15, 0.2) is 0 Å². The van der Waals surface area contributed by atoms with Crippen molar-refractivity contribution >= 4 is 0 Å². The Hall–Kier alpha value is -0.0800. The monoisotopic (exact) mass is 197 g/mol. The molecular formula is C12H23NO. The second kappa shape index (κ2) is 3.82. The molecule has 82 valence electrons. The van der Waals surface area contributed by atoms with Gasteiger partial charge in [-0.1, -0.05) is 26.7 Å². The summed E-state index contributed by atoms with van der Waals surface area (Å²) in [4.78, 5) is 0. The molecule has 2 rings (SSSR count). The minimum atomic E-state index is -0.0920. The zero-order valence-corrected chi connectivity index (χ0v) is 9.42. The third-order valence-corrected chi connectivity index (χ3v) is 4.07. The molecule has 0 bridgehead atoms. The third-order valence-electron chi connectivity index (χ3n) is 4.07. The number of hydrogen-bond acceptors (Lipinski definition) is 2. The summed E-state index contributed by atoms with van der Waals surface area (Å²) >= 11 is 0. The van der Waals surface area contributed by atoms with E-state index in [0.29, 0.717) is 11.5 Å². The van der Waals surface area contributed by atoms with Gasteiger partial charge in [0, 0.05) is 6.04 Å². The molecule has 2 heteroatoms. The first-order chi connectivity index (χ1) is 6.59. The number of aliphatic hydroxyl groups is 1. The number of rotatable bonds is 3. The van der Waals surface area contributed by atoms with Gasteiger partial charge in [-0.05, 0) is 37.1 Å². The highest BCUT2D eigenvalue weighted by Crippen LogP contribution is 2.51. The molecule has 0 heterocycles. The minimum absolute atomic E-state index is 0.0920. The Morgan fingerprint density at radius 1 is 1.29 bits per heavy atom.